The molecule has 0 saturated heterocycles. The molecule has 0 bridgehead atoms. The van der Waals surface area contributed by atoms with Gasteiger partial charge < -0.3 is 4.74 Å². The number of hydrogen-bond donors (Lipinski definition) is 0. The van der Waals surface area contributed by atoms with Crippen molar-refractivity contribution in [1.82, 2.24) is 0 Å². The Kier molecular flexibility index (Phi) is 1.16. The van der Waals surface area contributed by atoms with Crippen LogP contribution in [-0.4, -0.2) is 0 Å². The van der Waals surface area contributed by atoms with Gasteiger partial charge in [0.25, 0.3) is 0 Å². The molecule has 7 heavy (non-hydrogen) atoms. The SMILES string of the molecule is CC1=COC=C[CH]1. The molecule has 1 aliphatic heterocycles. The Hall–Kier alpha value is -0.720. The molecule has 0 aliphatic carbocycles. The van der Waals surface area contributed by atoms with Gasteiger partial charge in [-0.2, -0.15) is 0 Å². The van der Waals surface area contributed by atoms with Gasteiger partial charge in [0.1, 0.15) is 0 Å². The fourth-order valence-corrected chi connectivity index (χ4v) is 0.422. The Morgan fingerprint density at radius 2 is 2.43 bits per heavy atom. The predicted molar refractivity (Wildman–Crippen MR) is 28.3 cm³/mol. The average molecular weight is 95.1 g/mol. The van der Waals surface area contributed by atoms with Gasteiger partial charge in [0.15, 0.2) is 0 Å². The lowest BCUT2D eigenvalue weighted by atomic mass is 10.2. The lowest BCUT2D eigenvalue weighted by Gasteiger charge is -1.99. The summed E-state index contributed by atoms with van der Waals surface area (Å²) in [4.78, 5) is 0. The second kappa shape index (κ2) is 1.82. The van der Waals surface area contributed by atoms with Crippen LogP contribution < -0.4 is 0 Å². The summed E-state index contributed by atoms with van der Waals surface area (Å²) in [6, 6.07) is 0. The van der Waals surface area contributed by atoms with Gasteiger partial charge in [0.05, 0.1) is 12.5 Å². The van der Waals surface area contributed by atoms with Crippen molar-refractivity contribution in [3.05, 3.63) is 30.6 Å². The van der Waals surface area contributed by atoms with Crippen LogP contribution in [0.25, 0.3) is 0 Å². The van der Waals surface area contributed by atoms with E-state index in [1.165, 1.54) is 0 Å². The van der Waals surface area contributed by atoms with E-state index in [0.29, 0.717) is 0 Å². The first kappa shape index (κ1) is 4.44. The molecule has 1 aliphatic rings. The van der Waals surface area contributed by atoms with Crippen LogP contribution in [0.5, 0.6) is 0 Å². The quantitative estimate of drug-likeness (QED) is 0.444. The number of ether oxygens (including phenoxy) is 1. The zero-order valence-electron chi connectivity index (χ0n) is 4.22. The highest BCUT2D eigenvalue weighted by Gasteiger charge is 1.88. The molecule has 1 rings (SSSR count). The first-order valence-corrected chi connectivity index (χ1v) is 2.22. The molecule has 0 aromatic carbocycles. The zero-order chi connectivity index (χ0) is 5.11. The van der Waals surface area contributed by atoms with Crippen molar-refractivity contribution in [3.63, 3.8) is 0 Å². The highest BCUT2D eigenvalue weighted by atomic mass is 16.5. The van der Waals surface area contributed by atoms with E-state index in [1.807, 2.05) is 19.4 Å². The molecule has 0 unspecified atom stereocenters. The summed E-state index contributed by atoms with van der Waals surface area (Å²) in [7, 11) is 0. The molecular weight excluding hydrogens is 88.1 g/mol. The summed E-state index contributed by atoms with van der Waals surface area (Å²) >= 11 is 0. The van der Waals surface area contributed by atoms with Gasteiger partial charge >= 0.3 is 0 Å². The predicted octanol–water partition coefficient (Wildman–Crippen LogP) is 1.64. The van der Waals surface area contributed by atoms with Crippen molar-refractivity contribution in [2.75, 3.05) is 0 Å². The van der Waals surface area contributed by atoms with Crippen LogP contribution in [0.15, 0.2) is 24.2 Å². The molecular formula is C6H7O. The molecule has 0 aromatic rings. The molecule has 1 nitrogen and oxygen atoms in total. The van der Waals surface area contributed by atoms with Gasteiger partial charge in [-0.25, -0.2) is 0 Å². The van der Waals surface area contributed by atoms with Crippen molar-refractivity contribution in [2.45, 2.75) is 6.92 Å². The number of allylic oxidation sites excluding steroid dienone is 2. The van der Waals surface area contributed by atoms with E-state index < -0.39 is 0 Å². The molecule has 0 saturated carbocycles. The zero-order valence-corrected chi connectivity index (χ0v) is 4.22. The van der Waals surface area contributed by atoms with Gasteiger partial charge in [-0.3, -0.25) is 0 Å². The molecule has 1 heterocycles. The third kappa shape index (κ3) is 1.07. The second-order valence-corrected chi connectivity index (χ2v) is 1.49. The van der Waals surface area contributed by atoms with Gasteiger partial charge in [-0.05, 0) is 18.6 Å². The fraction of sp³-hybridized carbons (Fsp3) is 0.167. The Bertz CT molecular complexity index is 111. The van der Waals surface area contributed by atoms with Crippen LogP contribution in [0.4, 0.5) is 0 Å². The van der Waals surface area contributed by atoms with Crippen molar-refractivity contribution < 1.29 is 4.74 Å². The molecule has 1 heteroatoms. The smallest absolute Gasteiger partial charge is 0.0896 e. The van der Waals surface area contributed by atoms with Gasteiger partial charge in [-0.1, -0.05) is 0 Å². The van der Waals surface area contributed by atoms with E-state index in [1.54, 1.807) is 12.5 Å². The maximum atomic E-state index is 4.81. The van der Waals surface area contributed by atoms with Crippen molar-refractivity contribution >= 4 is 0 Å². The first-order valence-electron chi connectivity index (χ1n) is 2.22. The summed E-state index contributed by atoms with van der Waals surface area (Å²) < 4.78 is 4.81. The lowest BCUT2D eigenvalue weighted by Crippen LogP contribution is -1.81. The van der Waals surface area contributed by atoms with Crippen LogP contribution >= 0.6 is 0 Å². The standard InChI is InChI=1S/C6H7O/c1-6-3-2-4-7-5-6/h2-5H,1H3. The summed E-state index contributed by atoms with van der Waals surface area (Å²) in [6.45, 7) is 1.99. The van der Waals surface area contributed by atoms with Crippen molar-refractivity contribution in [3.8, 4) is 0 Å². The van der Waals surface area contributed by atoms with E-state index in [-0.39, 0.29) is 0 Å². The monoisotopic (exact) mass is 95.0 g/mol. The van der Waals surface area contributed by atoms with Crippen molar-refractivity contribution in [2.24, 2.45) is 0 Å². The highest BCUT2D eigenvalue weighted by molar-refractivity contribution is 5.19. The second-order valence-electron chi connectivity index (χ2n) is 1.49. The molecule has 0 fully saturated rings. The molecule has 0 atom stereocenters. The minimum absolute atomic E-state index is 1.16. The minimum Gasteiger partial charge on any atom is -0.473 e. The van der Waals surface area contributed by atoms with E-state index >= 15 is 0 Å². The Labute approximate surface area is 43.3 Å². The number of rotatable bonds is 0. The summed E-state index contributed by atoms with van der Waals surface area (Å²) in [5, 5.41) is 0. The number of hydrogen-bond acceptors (Lipinski definition) is 1. The van der Waals surface area contributed by atoms with Gasteiger partial charge in [-0.15, -0.1) is 0 Å². The average Bonchev–Trinajstić information content (AvgIpc) is 1.69. The summed E-state index contributed by atoms with van der Waals surface area (Å²) in [5.74, 6) is 0. The van der Waals surface area contributed by atoms with Gasteiger partial charge in [0, 0.05) is 6.42 Å². The molecule has 37 valence electrons. The minimum atomic E-state index is 1.16. The van der Waals surface area contributed by atoms with E-state index in [0.717, 1.165) is 5.57 Å². The van der Waals surface area contributed by atoms with Crippen LogP contribution in [0.2, 0.25) is 0 Å². The molecule has 1 radical (unpaired) electrons. The van der Waals surface area contributed by atoms with Crippen LogP contribution in [-0.2, 0) is 4.74 Å². The first-order chi connectivity index (χ1) is 3.39. The Morgan fingerprint density at radius 3 is 2.71 bits per heavy atom. The Morgan fingerprint density at radius 1 is 1.57 bits per heavy atom. The topological polar surface area (TPSA) is 9.23 Å². The third-order valence-electron chi connectivity index (χ3n) is 0.770. The van der Waals surface area contributed by atoms with Crippen LogP contribution in [0.3, 0.4) is 0 Å². The highest BCUT2D eigenvalue weighted by Crippen LogP contribution is 2.04. The lowest BCUT2D eigenvalue weighted by molar-refractivity contribution is 0.393. The largest absolute Gasteiger partial charge is 0.473 e. The van der Waals surface area contributed by atoms with Crippen molar-refractivity contribution in [1.29, 1.82) is 0 Å². The van der Waals surface area contributed by atoms with E-state index in [4.69, 9.17) is 4.74 Å². The normalized spacial score (nSPS) is 18.1. The third-order valence-corrected chi connectivity index (χ3v) is 0.770. The molecule has 0 aromatic heterocycles. The molecule has 0 N–H and O–H groups in total. The van der Waals surface area contributed by atoms with Crippen LogP contribution in [0, 0.1) is 6.42 Å². The maximum Gasteiger partial charge on any atom is 0.0896 e. The van der Waals surface area contributed by atoms with E-state index in [9.17, 15) is 0 Å². The Balaban J connectivity index is 2.50. The summed E-state index contributed by atoms with van der Waals surface area (Å²) in [5.41, 5.74) is 1.16. The van der Waals surface area contributed by atoms with E-state index in [2.05, 4.69) is 0 Å². The molecule has 0 spiro atoms. The summed E-state index contributed by atoms with van der Waals surface area (Å²) in [6.07, 6.45) is 7.21. The van der Waals surface area contributed by atoms with Gasteiger partial charge in [0.2, 0.25) is 0 Å². The molecule has 0 amide bonds. The maximum absolute atomic E-state index is 4.81. The van der Waals surface area contributed by atoms with Crippen LogP contribution in [0.1, 0.15) is 6.92 Å². The fourth-order valence-electron chi connectivity index (χ4n) is 0.422.